The smallest absolute Gasteiger partial charge is 0.192 e. The molecule has 5 rings (SSSR count). The fraction of sp³-hybridized carbons (Fsp3) is 0.952. The number of rotatable bonds is 1. The first kappa shape index (κ1) is 16.7. The maximum Gasteiger partial charge on any atom is 0.192 e. The number of aliphatic hydroxyl groups excluding tert-OH is 1. The Balaban J connectivity index is 1.50. The van der Waals surface area contributed by atoms with Crippen molar-refractivity contribution in [3.05, 3.63) is 0 Å². The summed E-state index contributed by atoms with van der Waals surface area (Å²) < 4.78 is 5.82. The molecule has 0 aromatic heterocycles. The predicted octanol–water partition coefficient (Wildman–Crippen LogP) is 2.90. The summed E-state index contributed by atoms with van der Waals surface area (Å²) in [6, 6.07) is 0. The molecule has 0 amide bonds. The van der Waals surface area contributed by atoms with Gasteiger partial charge in [0.05, 0.1) is 6.61 Å². The lowest BCUT2D eigenvalue weighted by Gasteiger charge is -2.60. The number of Topliss-reactive ketones (excluding diaryl/α,β-unsaturated/α-hetero) is 1. The molecule has 2 N–H and O–H groups in total. The zero-order valence-electron chi connectivity index (χ0n) is 15.5. The van der Waals surface area contributed by atoms with Crippen LogP contribution in [0.15, 0.2) is 0 Å². The van der Waals surface area contributed by atoms with E-state index < -0.39 is 11.9 Å². The summed E-state index contributed by atoms with van der Waals surface area (Å²) in [5.74, 6) is 1.55. The molecule has 2 bridgehead atoms. The maximum absolute atomic E-state index is 12.7. The Hall–Kier alpha value is -0.450. The van der Waals surface area contributed by atoms with Gasteiger partial charge >= 0.3 is 0 Å². The average molecular weight is 348 g/mol. The molecule has 1 heterocycles. The van der Waals surface area contributed by atoms with Gasteiger partial charge in [-0.3, -0.25) is 4.79 Å². The molecule has 0 aromatic rings. The Labute approximate surface area is 150 Å². The number of hydrogen-bond donors (Lipinski definition) is 2. The molecular weight excluding hydrogens is 316 g/mol. The van der Waals surface area contributed by atoms with Crippen LogP contribution in [-0.2, 0) is 9.53 Å². The second-order valence-electron chi connectivity index (χ2n) is 10.1. The van der Waals surface area contributed by atoms with Crippen LogP contribution in [0.4, 0.5) is 0 Å². The van der Waals surface area contributed by atoms with E-state index in [1.54, 1.807) is 0 Å². The van der Waals surface area contributed by atoms with Crippen molar-refractivity contribution in [2.24, 2.45) is 40.4 Å². The topological polar surface area (TPSA) is 66.8 Å². The Morgan fingerprint density at radius 2 is 2.04 bits per heavy atom. The molecule has 0 aromatic carbocycles. The van der Waals surface area contributed by atoms with Gasteiger partial charge in [-0.05, 0) is 67.6 Å². The van der Waals surface area contributed by atoms with Crippen molar-refractivity contribution in [1.82, 2.24) is 0 Å². The van der Waals surface area contributed by atoms with Crippen LogP contribution < -0.4 is 0 Å². The van der Waals surface area contributed by atoms with Crippen molar-refractivity contribution in [2.75, 3.05) is 6.61 Å². The minimum atomic E-state index is -1.32. The van der Waals surface area contributed by atoms with Crippen LogP contribution in [0.5, 0.6) is 0 Å². The fourth-order valence-electron chi connectivity index (χ4n) is 8.33. The summed E-state index contributed by atoms with van der Waals surface area (Å²) in [7, 11) is 0. The first-order valence-corrected chi connectivity index (χ1v) is 10.4. The summed E-state index contributed by atoms with van der Waals surface area (Å²) in [6.45, 7) is 5.15. The van der Waals surface area contributed by atoms with Crippen LogP contribution in [0.3, 0.4) is 0 Å². The number of hydrogen-bond acceptors (Lipinski definition) is 4. The standard InChI is InChI=1S/C21H32O4/c1-3-14-17(22)9-16-13-5-4-12-8-18(23)21(24)10-20(12,11-25-21)15(13)6-7-19(14,16)2/h12-16,18,23-24H,3-11H2,1-2H3/t12?,13-,14+,15+,16+,18-,19-,20-,21+/m1/s1. The molecule has 0 radical (unpaired) electrons. The highest BCUT2D eigenvalue weighted by Crippen LogP contribution is 2.69. The summed E-state index contributed by atoms with van der Waals surface area (Å²) in [4.78, 5) is 12.7. The molecule has 5 fully saturated rings. The summed E-state index contributed by atoms with van der Waals surface area (Å²) in [6.07, 6.45) is 6.89. The van der Waals surface area contributed by atoms with E-state index >= 15 is 0 Å². The second kappa shape index (κ2) is 5.08. The van der Waals surface area contributed by atoms with Gasteiger partial charge in [0.25, 0.3) is 0 Å². The zero-order valence-corrected chi connectivity index (χ0v) is 15.5. The Morgan fingerprint density at radius 3 is 2.80 bits per heavy atom. The van der Waals surface area contributed by atoms with Crippen molar-refractivity contribution in [3.8, 4) is 0 Å². The number of carbonyl (C=O) groups is 1. The van der Waals surface area contributed by atoms with Crippen LogP contribution in [0, 0.1) is 40.4 Å². The molecule has 140 valence electrons. The molecule has 1 spiro atoms. The van der Waals surface area contributed by atoms with Gasteiger partial charge in [0, 0.05) is 24.2 Å². The third-order valence-corrected chi connectivity index (χ3v) is 9.49. The van der Waals surface area contributed by atoms with Gasteiger partial charge in [0.1, 0.15) is 11.9 Å². The number of carbonyl (C=O) groups excluding carboxylic acids is 1. The molecule has 4 saturated carbocycles. The lowest BCUT2D eigenvalue weighted by Crippen LogP contribution is -2.58. The number of fused-ring (bicyclic) bond motifs is 4. The van der Waals surface area contributed by atoms with Gasteiger partial charge in [0.15, 0.2) is 5.79 Å². The molecule has 5 aliphatic rings. The van der Waals surface area contributed by atoms with E-state index in [2.05, 4.69) is 13.8 Å². The molecule has 4 nitrogen and oxygen atoms in total. The molecule has 9 atom stereocenters. The Kier molecular flexibility index (Phi) is 3.39. The Morgan fingerprint density at radius 1 is 1.24 bits per heavy atom. The van der Waals surface area contributed by atoms with Crippen molar-refractivity contribution >= 4 is 5.78 Å². The molecule has 1 unspecified atom stereocenters. The predicted molar refractivity (Wildman–Crippen MR) is 92.5 cm³/mol. The number of ether oxygens (including phenoxy) is 1. The first-order valence-electron chi connectivity index (χ1n) is 10.4. The van der Waals surface area contributed by atoms with Gasteiger partial charge in [-0.1, -0.05) is 13.8 Å². The maximum atomic E-state index is 12.7. The molecule has 4 aliphatic carbocycles. The number of aliphatic hydroxyl groups is 2. The summed E-state index contributed by atoms with van der Waals surface area (Å²) >= 11 is 0. The van der Waals surface area contributed by atoms with E-state index in [0.717, 1.165) is 32.1 Å². The molecule has 4 heteroatoms. The third-order valence-electron chi connectivity index (χ3n) is 9.49. The monoisotopic (exact) mass is 348 g/mol. The highest BCUT2D eigenvalue weighted by atomic mass is 16.6. The van der Waals surface area contributed by atoms with E-state index in [4.69, 9.17) is 4.74 Å². The average Bonchev–Trinajstić information content (AvgIpc) is 3.02. The lowest BCUT2D eigenvalue weighted by atomic mass is 9.44. The van der Waals surface area contributed by atoms with Crippen molar-refractivity contribution in [1.29, 1.82) is 0 Å². The van der Waals surface area contributed by atoms with Crippen LogP contribution in [0.25, 0.3) is 0 Å². The Bertz CT molecular complexity index is 605. The molecule has 1 aliphatic heterocycles. The van der Waals surface area contributed by atoms with Gasteiger partial charge < -0.3 is 14.9 Å². The van der Waals surface area contributed by atoms with Gasteiger partial charge in [-0.25, -0.2) is 0 Å². The van der Waals surface area contributed by atoms with Crippen LogP contribution in [-0.4, -0.2) is 34.5 Å². The van der Waals surface area contributed by atoms with Crippen LogP contribution >= 0.6 is 0 Å². The second-order valence-corrected chi connectivity index (χ2v) is 10.1. The zero-order chi connectivity index (χ0) is 17.6. The van der Waals surface area contributed by atoms with E-state index in [1.807, 2.05) is 0 Å². The van der Waals surface area contributed by atoms with Crippen molar-refractivity contribution in [3.63, 3.8) is 0 Å². The molecule has 25 heavy (non-hydrogen) atoms. The summed E-state index contributed by atoms with van der Waals surface area (Å²) in [5.41, 5.74) is 0.214. The SMILES string of the molecule is CC[C@H]1C(=O)C[C@H]2[C@@H]3CCC4C[C@@H](O)[C@]5(O)C[C@]4(CO5)[C@H]3CC[C@]12C. The summed E-state index contributed by atoms with van der Waals surface area (Å²) in [5, 5.41) is 21.1. The largest absolute Gasteiger partial charge is 0.388 e. The minimum absolute atomic E-state index is 0.0333. The molecular formula is C21H32O4. The van der Waals surface area contributed by atoms with Crippen LogP contribution in [0.2, 0.25) is 0 Å². The first-order chi connectivity index (χ1) is 11.8. The van der Waals surface area contributed by atoms with E-state index in [0.29, 0.717) is 48.9 Å². The third kappa shape index (κ3) is 1.92. The van der Waals surface area contributed by atoms with E-state index in [1.165, 1.54) is 6.42 Å². The van der Waals surface area contributed by atoms with Crippen molar-refractivity contribution in [2.45, 2.75) is 77.1 Å². The normalized spacial score (nSPS) is 60.1. The van der Waals surface area contributed by atoms with Gasteiger partial charge in [-0.15, -0.1) is 0 Å². The molecule has 1 saturated heterocycles. The highest BCUT2D eigenvalue weighted by Gasteiger charge is 2.68. The lowest BCUT2D eigenvalue weighted by molar-refractivity contribution is -0.242. The van der Waals surface area contributed by atoms with Gasteiger partial charge in [0.2, 0.25) is 0 Å². The quantitative estimate of drug-likeness (QED) is 0.765. The van der Waals surface area contributed by atoms with Crippen LogP contribution in [0.1, 0.15) is 65.2 Å². The fourth-order valence-corrected chi connectivity index (χ4v) is 8.33. The van der Waals surface area contributed by atoms with E-state index in [-0.39, 0.29) is 16.7 Å². The van der Waals surface area contributed by atoms with E-state index in [9.17, 15) is 15.0 Å². The highest BCUT2D eigenvalue weighted by molar-refractivity contribution is 5.84. The van der Waals surface area contributed by atoms with Gasteiger partial charge in [-0.2, -0.15) is 0 Å². The van der Waals surface area contributed by atoms with Crippen molar-refractivity contribution < 1.29 is 19.7 Å². The minimum Gasteiger partial charge on any atom is -0.388 e. The number of ketones is 1.